The van der Waals surface area contributed by atoms with Crippen LogP contribution >= 0.6 is 0 Å². The predicted molar refractivity (Wildman–Crippen MR) is 54.3 cm³/mol. The van der Waals surface area contributed by atoms with Crippen molar-refractivity contribution in [1.29, 1.82) is 0 Å². The van der Waals surface area contributed by atoms with Gasteiger partial charge in [-0.25, -0.2) is 0 Å². The molecule has 1 atom stereocenters. The Morgan fingerprint density at radius 2 is 2.31 bits per heavy atom. The predicted octanol–water partition coefficient (Wildman–Crippen LogP) is 3.82. The molecule has 13 heavy (non-hydrogen) atoms. The molecule has 0 saturated carbocycles. The fourth-order valence-corrected chi connectivity index (χ4v) is 1.80. The van der Waals surface area contributed by atoms with Gasteiger partial charge in [-0.15, -0.1) is 0 Å². The first kappa shape index (κ1) is 10.1. The van der Waals surface area contributed by atoms with E-state index in [1.54, 1.807) is 0 Å². The van der Waals surface area contributed by atoms with Crippen molar-refractivity contribution < 1.29 is 0 Å². The molecule has 0 fully saturated rings. The molecule has 1 rings (SSSR count). The van der Waals surface area contributed by atoms with Crippen molar-refractivity contribution in [2.45, 2.75) is 45.6 Å². The van der Waals surface area contributed by atoms with E-state index < -0.39 is 0 Å². The van der Waals surface area contributed by atoms with Crippen molar-refractivity contribution in [1.82, 2.24) is 0 Å². The maximum absolute atomic E-state index is 8.43. The first-order chi connectivity index (χ1) is 6.06. The largest absolute Gasteiger partial charge is 0.0875 e. The molecule has 0 aliphatic heterocycles. The van der Waals surface area contributed by atoms with Gasteiger partial charge in [-0.2, -0.15) is 0 Å². The second-order valence-electron chi connectivity index (χ2n) is 4.36. The van der Waals surface area contributed by atoms with Crippen LogP contribution in [0.3, 0.4) is 0 Å². The molecule has 0 bridgehead atoms. The lowest BCUT2D eigenvalue weighted by Gasteiger charge is -2.31. The topological polar surface area (TPSA) is 48.8 Å². The first-order valence-electron chi connectivity index (χ1n) is 4.78. The molecule has 0 aromatic rings. The molecule has 0 aromatic carbocycles. The van der Waals surface area contributed by atoms with E-state index in [2.05, 4.69) is 23.0 Å². The van der Waals surface area contributed by atoms with E-state index in [9.17, 15) is 0 Å². The van der Waals surface area contributed by atoms with E-state index in [1.807, 2.05) is 13.8 Å². The molecule has 0 saturated heterocycles. The standard InChI is InChI=1S/C10H17N3/c1-8-4-6-9(7-5-8)10(2,3)12-13-11/h4,9H,5-7H2,1-3H3/t9-/m1/s1. The second kappa shape index (κ2) is 3.84. The highest BCUT2D eigenvalue weighted by Gasteiger charge is 2.28. The number of hydrogen-bond acceptors (Lipinski definition) is 1. The molecule has 0 aromatic heterocycles. The van der Waals surface area contributed by atoms with Gasteiger partial charge in [0.2, 0.25) is 0 Å². The van der Waals surface area contributed by atoms with E-state index in [4.69, 9.17) is 5.53 Å². The van der Waals surface area contributed by atoms with Crippen LogP contribution in [0, 0.1) is 5.92 Å². The highest BCUT2D eigenvalue weighted by atomic mass is 15.2. The fraction of sp³-hybridized carbons (Fsp3) is 0.800. The van der Waals surface area contributed by atoms with Gasteiger partial charge in [-0.3, -0.25) is 0 Å². The molecular weight excluding hydrogens is 162 g/mol. The molecule has 1 aliphatic rings. The van der Waals surface area contributed by atoms with Crippen molar-refractivity contribution in [3.8, 4) is 0 Å². The fourth-order valence-electron chi connectivity index (χ4n) is 1.80. The van der Waals surface area contributed by atoms with Crippen molar-refractivity contribution in [3.05, 3.63) is 22.1 Å². The number of rotatable bonds is 2. The summed E-state index contributed by atoms with van der Waals surface area (Å²) in [6.45, 7) is 6.20. The summed E-state index contributed by atoms with van der Waals surface area (Å²) in [7, 11) is 0. The molecule has 3 heteroatoms. The lowest BCUT2D eigenvalue weighted by Crippen LogP contribution is -2.29. The SMILES string of the molecule is CC1=CC[C@@H](C(C)(C)N=[N+]=[N-])CC1. The van der Waals surface area contributed by atoms with Gasteiger partial charge in [0.15, 0.2) is 0 Å². The van der Waals surface area contributed by atoms with Crippen molar-refractivity contribution in [2.24, 2.45) is 11.0 Å². The van der Waals surface area contributed by atoms with Crippen molar-refractivity contribution in [3.63, 3.8) is 0 Å². The maximum atomic E-state index is 8.43. The number of hydrogen-bond donors (Lipinski definition) is 0. The highest BCUT2D eigenvalue weighted by molar-refractivity contribution is 5.06. The van der Waals surface area contributed by atoms with Crippen LogP contribution in [-0.2, 0) is 0 Å². The zero-order valence-electron chi connectivity index (χ0n) is 8.62. The number of nitrogens with zero attached hydrogens (tertiary/aromatic N) is 3. The van der Waals surface area contributed by atoms with E-state index in [-0.39, 0.29) is 5.54 Å². The molecule has 1 aliphatic carbocycles. The summed E-state index contributed by atoms with van der Waals surface area (Å²) in [6.07, 6.45) is 5.62. The molecular formula is C10H17N3. The van der Waals surface area contributed by atoms with Crippen LogP contribution < -0.4 is 0 Å². The Morgan fingerprint density at radius 1 is 1.62 bits per heavy atom. The van der Waals surface area contributed by atoms with Crippen LogP contribution in [0.5, 0.6) is 0 Å². The summed E-state index contributed by atoms with van der Waals surface area (Å²) >= 11 is 0. The highest BCUT2D eigenvalue weighted by Crippen LogP contribution is 2.34. The molecule has 0 radical (unpaired) electrons. The Kier molecular flexibility index (Phi) is 2.99. The van der Waals surface area contributed by atoms with Crippen LogP contribution in [0.1, 0.15) is 40.0 Å². The van der Waals surface area contributed by atoms with Crippen LogP contribution in [0.2, 0.25) is 0 Å². The summed E-state index contributed by atoms with van der Waals surface area (Å²) in [5.41, 5.74) is 9.66. The molecule has 0 heterocycles. The Labute approximate surface area is 79.5 Å². The van der Waals surface area contributed by atoms with Crippen LogP contribution in [0.4, 0.5) is 0 Å². The first-order valence-corrected chi connectivity index (χ1v) is 4.78. The Hall–Kier alpha value is -0.950. The van der Waals surface area contributed by atoms with Gasteiger partial charge in [0.1, 0.15) is 0 Å². The van der Waals surface area contributed by atoms with Crippen LogP contribution in [0.25, 0.3) is 10.4 Å². The van der Waals surface area contributed by atoms with Gasteiger partial charge in [-0.1, -0.05) is 30.6 Å². The van der Waals surface area contributed by atoms with Crippen LogP contribution in [0.15, 0.2) is 16.8 Å². The Bertz CT molecular complexity index is 259. The normalized spacial score (nSPS) is 23.3. The van der Waals surface area contributed by atoms with E-state index in [0.29, 0.717) is 5.92 Å². The van der Waals surface area contributed by atoms with Gasteiger partial charge in [-0.05, 0) is 37.6 Å². The van der Waals surface area contributed by atoms with E-state index in [1.165, 1.54) is 5.57 Å². The second-order valence-corrected chi connectivity index (χ2v) is 4.36. The smallest absolute Gasteiger partial charge is 0.0463 e. The van der Waals surface area contributed by atoms with Gasteiger partial charge in [0.05, 0.1) is 0 Å². The van der Waals surface area contributed by atoms with Crippen molar-refractivity contribution >= 4 is 0 Å². The zero-order valence-corrected chi connectivity index (χ0v) is 8.62. The van der Waals surface area contributed by atoms with Crippen LogP contribution in [-0.4, -0.2) is 5.54 Å². The van der Waals surface area contributed by atoms with E-state index in [0.717, 1.165) is 19.3 Å². The van der Waals surface area contributed by atoms with Crippen molar-refractivity contribution in [2.75, 3.05) is 0 Å². The number of azide groups is 1. The third kappa shape index (κ3) is 2.49. The molecule has 0 amide bonds. The minimum absolute atomic E-state index is 0.230. The van der Waals surface area contributed by atoms with Gasteiger partial charge in [0.25, 0.3) is 0 Å². The molecule has 3 nitrogen and oxygen atoms in total. The maximum Gasteiger partial charge on any atom is 0.0463 e. The summed E-state index contributed by atoms with van der Waals surface area (Å²) in [4.78, 5) is 2.91. The van der Waals surface area contributed by atoms with Gasteiger partial charge in [0, 0.05) is 10.5 Å². The average molecular weight is 179 g/mol. The quantitative estimate of drug-likeness (QED) is 0.268. The molecule has 72 valence electrons. The molecule has 0 spiro atoms. The van der Waals surface area contributed by atoms with Gasteiger partial charge >= 0.3 is 0 Å². The summed E-state index contributed by atoms with van der Waals surface area (Å²) in [5, 5.41) is 3.86. The Balaban J connectivity index is 2.69. The zero-order chi connectivity index (χ0) is 9.90. The summed E-state index contributed by atoms with van der Waals surface area (Å²) in [5.74, 6) is 0.507. The summed E-state index contributed by atoms with van der Waals surface area (Å²) < 4.78 is 0. The average Bonchev–Trinajstić information content (AvgIpc) is 2.05. The molecule has 0 unspecified atom stereocenters. The molecule has 0 N–H and O–H groups in total. The third-order valence-corrected chi connectivity index (χ3v) is 2.94. The Morgan fingerprint density at radius 3 is 2.77 bits per heavy atom. The van der Waals surface area contributed by atoms with Gasteiger partial charge < -0.3 is 0 Å². The lowest BCUT2D eigenvalue weighted by atomic mass is 9.78. The number of allylic oxidation sites excluding steroid dienone is 2. The lowest BCUT2D eigenvalue weighted by molar-refractivity contribution is 0.294. The third-order valence-electron chi connectivity index (χ3n) is 2.94. The minimum Gasteiger partial charge on any atom is -0.0875 e. The monoisotopic (exact) mass is 179 g/mol. The van der Waals surface area contributed by atoms with E-state index >= 15 is 0 Å². The minimum atomic E-state index is -0.230. The summed E-state index contributed by atoms with van der Waals surface area (Å²) in [6, 6.07) is 0.